The summed E-state index contributed by atoms with van der Waals surface area (Å²) < 4.78 is 13.5. The van der Waals surface area contributed by atoms with Crippen molar-refractivity contribution in [3.05, 3.63) is 35.1 Å². The lowest BCUT2D eigenvalue weighted by Crippen LogP contribution is -2.46. The van der Waals surface area contributed by atoms with Gasteiger partial charge in [0.15, 0.2) is 0 Å². The zero-order chi connectivity index (χ0) is 12.3. The fourth-order valence-corrected chi connectivity index (χ4v) is 1.82. The maximum absolute atomic E-state index is 13.5. The van der Waals surface area contributed by atoms with E-state index in [1.807, 2.05) is 0 Å². The second-order valence-corrected chi connectivity index (χ2v) is 3.90. The number of benzene rings is 1. The summed E-state index contributed by atoms with van der Waals surface area (Å²) in [5.41, 5.74) is 0.279. The lowest BCUT2D eigenvalue weighted by molar-refractivity contribution is 0.0731. The van der Waals surface area contributed by atoms with Gasteiger partial charge in [0.05, 0.1) is 5.56 Å². The van der Waals surface area contributed by atoms with Crippen LogP contribution in [-0.2, 0) is 0 Å². The Labute approximate surface area is 98.4 Å². The monoisotopic (exact) mass is 236 g/mol. The fourth-order valence-electron chi connectivity index (χ4n) is 1.82. The highest BCUT2D eigenvalue weighted by molar-refractivity contribution is 5.96. The number of carbonyl (C=O) groups excluding carboxylic acids is 2. The molecule has 1 aliphatic rings. The van der Waals surface area contributed by atoms with E-state index in [2.05, 4.69) is 5.32 Å². The van der Waals surface area contributed by atoms with Crippen LogP contribution in [0.1, 0.15) is 20.7 Å². The first-order valence-corrected chi connectivity index (χ1v) is 5.47. The van der Waals surface area contributed by atoms with Gasteiger partial charge in [0, 0.05) is 31.7 Å². The molecule has 1 N–H and O–H groups in total. The first-order valence-electron chi connectivity index (χ1n) is 5.47. The highest BCUT2D eigenvalue weighted by Crippen LogP contribution is 2.13. The minimum absolute atomic E-state index is 0.0310. The van der Waals surface area contributed by atoms with Gasteiger partial charge < -0.3 is 10.2 Å². The number of hydrogen-bond acceptors (Lipinski definition) is 3. The van der Waals surface area contributed by atoms with E-state index in [0.717, 1.165) is 6.07 Å². The minimum atomic E-state index is -0.584. The Kier molecular flexibility index (Phi) is 3.49. The summed E-state index contributed by atoms with van der Waals surface area (Å²) in [6, 6.07) is 3.81. The van der Waals surface area contributed by atoms with Crippen molar-refractivity contribution in [2.45, 2.75) is 0 Å². The molecule has 1 aliphatic heterocycles. The van der Waals surface area contributed by atoms with E-state index in [-0.39, 0.29) is 11.5 Å². The smallest absolute Gasteiger partial charge is 0.256 e. The molecular formula is C12H13FN2O2. The summed E-state index contributed by atoms with van der Waals surface area (Å²) in [6.45, 7) is 2.54. The van der Waals surface area contributed by atoms with Crippen LogP contribution in [0.3, 0.4) is 0 Å². The van der Waals surface area contributed by atoms with Gasteiger partial charge >= 0.3 is 0 Å². The molecule has 1 fully saturated rings. The maximum atomic E-state index is 13.5. The van der Waals surface area contributed by atoms with Gasteiger partial charge in [-0.05, 0) is 18.2 Å². The fraction of sp³-hybridized carbons (Fsp3) is 0.333. The third-order valence-electron chi connectivity index (χ3n) is 2.76. The molecule has 2 rings (SSSR count). The minimum Gasteiger partial charge on any atom is -0.336 e. The molecule has 0 aromatic heterocycles. The predicted molar refractivity (Wildman–Crippen MR) is 60.6 cm³/mol. The quantitative estimate of drug-likeness (QED) is 0.768. The molecule has 0 aliphatic carbocycles. The number of rotatable bonds is 2. The van der Waals surface area contributed by atoms with E-state index in [1.165, 1.54) is 12.1 Å². The van der Waals surface area contributed by atoms with Gasteiger partial charge in [0.1, 0.15) is 12.1 Å². The number of amides is 1. The molecule has 90 valence electrons. The summed E-state index contributed by atoms with van der Waals surface area (Å²) in [4.78, 5) is 24.2. The summed E-state index contributed by atoms with van der Waals surface area (Å²) in [5, 5.41) is 3.11. The number of hydrogen-bond donors (Lipinski definition) is 1. The number of piperazine rings is 1. The van der Waals surface area contributed by atoms with Crippen LogP contribution < -0.4 is 5.32 Å². The Morgan fingerprint density at radius 3 is 2.71 bits per heavy atom. The van der Waals surface area contributed by atoms with Gasteiger partial charge in [0.2, 0.25) is 0 Å². The molecule has 4 nitrogen and oxygen atoms in total. The molecule has 1 aromatic rings. The SMILES string of the molecule is O=Cc1ccc(F)c(C(=O)N2CCNCC2)c1. The first-order chi connectivity index (χ1) is 8.22. The van der Waals surface area contributed by atoms with Gasteiger partial charge in [-0.1, -0.05) is 0 Å². The van der Waals surface area contributed by atoms with Crippen LogP contribution >= 0.6 is 0 Å². The third-order valence-corrected chi connectivity index (χ3v) is 2.76. The van der Waals surface area contributed by atoms with E-state index in [1.54, 1.807) is 4.90 Å². The van der Waals surface area contributed by atoms with Crippen molar-refractivity contribution in [2.24, 2.45) is 0 Å². The molecule has 17 heavy (non-hydrogen) atoms. The van der Waals surface area contributed by atoms with E-state index in [0.29, 0.717) is 38.0 Å². The van der Waals surface area contributed by atoms with Crippen LogP contribution in [0.2, 0.25) is 0 Å². The summed E-state index contributed by atoms with van der Waals surface area (Å²) in [7, 11) is 0. The third kappa shape index (κ3) is 2.50. The van der Waals surface area contributed by atoms with Crippen LogP contribution in [0.4, 0.5) is 4.39 Å². The maximum Gasteiger partial charge on any atom is 0.256 e. The lowest BCUT2D eigenvalue weighted by Gasteiger charge is -2.27. The number of nitrogens with one attached hydrogen (secondary N) is 1. The summed E-state index contributed by atoms with van der Waals surface area (Å²) >= 11 is 0. The van der Waals surface area contributed by atoms with E-state index in [4.69, 9.17) is 0 Å². The van der Waals surface area contributed by atoms with E-state index in [9.17, 15) is 14.0 Å². The highest BCUT2D eigenvalue weighted by Gasteiger charge is 2.21. The van der Waals surface area contributed by atoms with Gasteiger partial charge in [-0.15, -0.1) is 0 Å². The Morgan fingerprint density at radius 2 is 2.06 bits per heavy atom. The van der Waals surface area contributed by atoms with Crippen LogP contribution in [0.5, 0.6) is 0 Å². The zero-order valence-electron chi connectivity index (χ0n) is 9.28. The highest BCUT2D eigenvalue weighted by atomic mass is 19.1. The van der Waals surface area contributed by atoms with Crippen LogP contribution in [0.25, 0.3) is 0 Å². The molecule has 1 saturated heterocycles. The second kappa shape index (κ2) is 5.05. The van der Waals surface area contributed by atoms with Crippen molar-refractivity contribution in [2.75, 3.05) is 26.2 Å². The van der Waals surface area contributed by atoms with Gasteiger partial charge in [-0.2, -0.15) is 0 Å². The Morgan fingerprint density at radius 1 is 1.35 bits per heavy atom. The molecule has 0 radical (unpaired) electrons. The van der Waals surface area contributed by atoms with Gasteiger partial charge in [-0.3, -0.25) is 9.59 Å². The number of halogens is 1. The molecule has 0 unspecified atom stereocenters. The standard InChI is InChI=1S/C12H13FN2O2/c13-11-2-1-9(8-16)7-10(11)12(17)15-5-3-14-4-6-15/h1-2,7-8,14H,3-6H2. The summed E-state index contributed by atoms with van der Waals surface area (Å²) in [5.74, 6) is -0.938. The normalized spacial score (nSPS) is 15.7. The zero-order valence-corrected chi connectivity index (χ0v) is 9.28. The first kappa shape index (κ1) is 11.7. The van der Waals surface area contributed by atoms with E-state index < -0.39 is 5.82 Å². The van der Waals surface area contributed by atoms with Crippen LogP contribution in [0.15, 0.2) is 18.2 Å². The van der Waals surface area contributed by atoms with Gasteiger partial charge in [-0.25, -0.2) is 4.39 Å². The van der Waals surface area contributed by atoms with Crippen molar-refractivity contribution in [3.63, 3.8) is 0 Å². The number of nitrogens with zero attached hydrogens (tertiary/aromatic N) is 1. The largest absolute Gasteiger partial charge is 0.336 e. The van der Waals surface area contributed by atoms with Crippen LogP contribution in [0, 0.1) is 5.82 Å². The molecule has 0 saturated carbocycles. The van der Waals surface area contributed by atoms with Crippen LogP contribution in [-0.4, -0.2) is 43.3 Å². The molecule has 0 atom stereocenters. The average Bonchev–Trinajstić information content (AvgIpc) is 2.39. The van der Waals surface area contributed by atoms with Crippen molar-refractivity contribution in [1.29, 1.82) is 0 Å². The van der Waals surface area contributed by atoms with E-state index >= 15 is 0 Å². The molecular weight excluding hydrogens is 223 g/mol. The summed E-state index contributed by atoms with van der Waals surface area (Å²) in [6.07, 6.45) is 0.605. The molecule has 1 heterocycles. The van der Waals surface area contributed by atoms with Crippen molar-refractivity contribution in [3.8, 4) is 0 Å². The van der Waals surface area contributed by atoms with Crippen molar-refractivity contribution in [1.82, 2.24) is 10.2 Å². The molecule has 0 bridgehead atoms. The average molecular weight is 236 g/mol. The molecule has 0 spiro atoms. The number of aldehydes is 1. The molecule has 1 aromatic carbocycles. The predicted octanol–water partition coefficient (Wildman–Crippen LogP) is 0.684. The van der Waals surface area contributed by atoms with Gasteiger partial charge in [0.25, 0.3) is 5.91 Å². The Balaban J connectivity index is 2.25. The topological polar surface area (TPSA) is 49.4 Å². The second-order valence-electron chi connectivity index (χ2n) is 3.90. The molecule has 5 heteroatoms. The lowest BCUT2D eigenvalue weighted by atomic mass is 10.1. The Bertz CT molecular complexity index is 442. The van der Waals surface area contributed by atoms with Crippen molar-refractivity contribution < 1.29 is 14.0 Å². The van der Waals surface area contributed by atoms with Crippen molar-refractivity contribution >= 4 is 12.2 Å². The molecule has 1 amide bonds. The Hall–Kier alpha value is -1.75. The number of carbonyl (C=O) groups is 2.